The van der Waals surface area contributed by atoms with Gasteiger partial charge in [0, 0.05) is 0 Å². The smallest absolute Gasteiger partial charge is 0.374 e. The second kappa shape index (κ2) is 13.6. The van der Waals surface area contributed by atoms with E-state index in [1.807, 2.05) is 0 Å². The molecule has 3 nitrogen and oxygen atoms in total. The Balaban J connectivity index is 1.82. The number of hydrogen-bond donors (Lipinski definition) is 0. The summed E-state index contributed by atoms with van der Waals surface area (Å²) in [6, 6.07) is 3.31. The van der Waals surface area contributed by atoms with Crippen molar-refractivity contribution in [2.24, 2.45) is 0 Å². The third-order valence-electron chi connectivity index (χ3n) is 4.01. The average Bonchev–Trinajstić information content (AvgIpc) is 2.98. The lowest BCUT2D eigenvalue weighted by atomic mass is 10.1. The molecule has 0 aliphatic rings. The molecule has 1 aromatic heterocycles. The molecule has 0 aromatic carbocycles. The molecule has 0 fully saturated rings. The minimum absolute atomic E-state index is 0.260. The lowest BCUT2D eigenvalue weighted by molar-refractivity contribution is 0.0460. The summed E-state index contributed by atoms with van der Waals surface area (Å²) in [6.45, 7) is 2.74. The van der Waals surface area contributed by atoms with Gasteiger partial charge in [-0.1, -0.05) is 77.6 Å². The van der Waals surface area contributed by atoms with Crippen molar-refractivity contribution >= 4 is 21.9 Å². The van der Waals surface area contributed by atoms with Gasteiger partial charge >= 0.3 is 5.97 Å². The molecule has 0 spiro atoms. The topological polar surface area (TPSA) is 39.4 Å². The number of rotatable bonds is 14. The van der Waals surface area contributed by atoms with Crippen molar-refractivity contribution < 1.29 is 13.9 Å². The highest BCUT2D eigenvalue weighted by atomic mass is 79.9. The van der Waals surface area contributed by atoms with Crippen LogP contribution in [0.4, 0.5) is 0 Å². The lowest BCUT2D eigenvalue weighted by Crippen LogP contribution is -2.05. The molecule has 23 heavy (non-hydrogen) atoms. The zero-order valence-corrected chi connectivity index (χ0v) is 16.0. The van der Waals surface area contributed by atoms with E-state index in [-0.39, 0.29) is 11.7 Å². The zero-order chi connectivity index (χ0) is 16.8. The minimum atomic E-state index is -0.376. The van der Waals surface area contributed by atoms with Gasteiger partial charge in [-0.2, -0.15) is 0 Å². The van der Waals surface area contributed by atoms with Crippen LogP contribution < -0.4 is 0 Å². The van der Waals surface area contributed by atoms with Gasteiger partial charge in [-0.25, -0.2) is 4.79 Å². The van der Waals surface area contributed by atoms with Crippen LogP contribution in [-0.2, 0) is 4.74 Å². The highest BCUT2D eigenvalue weighted by molar-refractivity contribution is 9.10. The Bertz CT molecular complexity index is 415. The maximum Gasteiger partial charge on any atom is 0.374 e. The second-order valence-electron chi connectivity index (χ2n) is 6.13. The van der Waals surface area contributed by atoms with Gasteiger partial charge in [0.2, 0.25) is 5.76 Å². The van der Waals surface area contributed by atoms with Gasteiger partial charge in [0.15, 0.2) is 4.67 Å². The molecule has 132 valence electrons. The molecule has 0 saturated heterocycles. The van der Waals surface area contributed by atoms with E-state index in [0.29, 0.717) is 11.3 Å². The Morgan fingerprint density at radius 1 is 0.913 bits per heavy atom. The predicted molar refractivity (Wildman–Crippen MR) is 97.8 cm³/mol. The monoisotopic (exact) mass is 386 g/mol. The first-order chi connectivity index (χ1) is 11.2. The SMILES string of the molecule is CCCCCCCCCCCCCCOC(=O)c1ccc(Br)o1. The Morgan fingerprint density at radius 3 is 1.91 bits per heavy atom. The first kappa shape index (κ1) is 20.3. The Kier molecular flexibility index (Phi) is 12.0. The first-order valence-electron chi connectivity index (χ1n) is 9.16. The minimum Gasteiger partial charge on any atom is -0.460 e. The molecule has 0 aliphatic carbocycles. The molecule has 0 bridgehead atoms. The van der Waals surface area contributed by atoms with E-state index in [1.54, 1.807) is 12.1 Å². The molecular formula is C19H31BrO3. The van der Waals surface area contributed by atoms with Gasteiger partial charge in [0.05, 0.1) is 6.61 Å². The first-order valence-corrected chi connectivity index (χ1v) is 9.95. The van der Waals surface area contributed by atoms with E-state index in [4.69, 9.17) is 9.15 Å². The fourth-order valence-electron chi connectivity index (χ4n) is 2.60. The van der Waals surface area contributed by atoms with Crippen LogP contribution in [0.2, 0.25) is 0 Å². The summed E-state index contributed by atoms with van der Waals surface area (Å²) in [5.41, 5.74) is 0. The molecule has 1 aromatic rings. The largest absolute Gasteiger partial charge is 0.460 e. The van der Waals surface area contributed by atoms with E-state index in [1.165, 1.54) is 64.2 Å². The van der Waals surface area contributed by atoms with E-state index in [9.17, 15) is 4.79 Å². The summed E-state index contributed by atoms with van der Waals surface area (Å²) in [6.07, 6.45) is 15.6. The van der Waals surface area contributed by atoms with Crippen molar-refractivity contribution in [1.29, 1.82) is 0 Å². The Morgan fingerprint density at radius 2 is 1.43 bits per heavy atom. The van der Waals surface area contributed by atoms with Crippen LogP contribution in [0.3, 0.4) is 0 Å². The van der Waals surface area contributed by atoms with Crippen LogP contribution in [-0.4, -0.2) is 12.6 Å². The number of unbranched alkanes of at least 4 members (excludes halogenated alkanes) is 11. The number of esters is 1. The molecule has 1 heterocycles. The molecule has 0 aliphatic heterocycles. The zero-order valence-electron chi connectivity index (χ0n) is 14.4. The van der Waals surface area contributed by atoms with E-state index >= 15 is 0 Å². The van der Waals surface area contributed by atoms with Crippen molar-refractivity contribution in [1.82, 2.24) is 0 Å². The summed E-state index contributed by atoms with van der Waals surface area (Å²) in [5, 5.41) is 0. The number of ether oxygens (including phenoxy) is 1. The van der Waals surface area contributed by atoms with Crippen LogP contribution in [0, 0.1) is 0 Å². The molecule has 0 amide bonds. The molecule has 0 N–H and O–H groups in total. The van der Waals surface area contributed by atoms with Crippen LogP contribution in [0.1, 0.15) is 94.5 Å². The summed E-state index contributed by atoms with van der Waals surface area (Å²) in [7, 11) is 0. The maximum absolute atomic E-state index is 11.6. The highest BCUT2D eigenvalue weighted by Crippen LogP contribution is 2.15. The molecule has 4 heteroatoms. The Labute approximate surface area is 149 Å². The van der Waals surface area contributed by atoms with Gasteiger partial charge in [0.25, 0.3) is 0 Å². The van der Waals surface area contributed by atoms with Gasteiger partial charge < -0.3 is 9.15 Å². The number of carbonyl (C=O) groups is 1. The lowest BCUT2D eigenvalue weighted by Gasteiger charge is -2.04. The molecule has 0 unspecified atom stereocenters. The third kappa shape index (κ3) is 10.6. The van der Waals surface area contributed by atoms with Crippen LogP contribution in [0.15, 0.2) is 21.2 Å². The summed E-state index contributed by atoms with van der Waals surface area (Å²) >= 11 is 3.17. The number of halogens is 1. The quantitative estimate of drug-likeness (QED) is 0.257. The Hall–Kier alpha value is -0.770. The average molecular weight is 387 g/mol. The number of carbonyl (C=O) groups excluding carboxylic acids is 1. The van der Waals surface area contributed by atoms with E-state index in [2.05, 4.69) is 22.9 Å². The molecule has 1 rings (SSSR count). The van der Waals surface area contributed by atoms with Gasteiger partial charge in [-0.05, 0) is 34.5 Å². The molecular weight excluding hydrogens is 356 g/mol. The maximum atomic E-state index is 11.6. The standard InChI is InChI=1S/C19H31BrO3/c1-2-3-4-5-6-7-8-9-10-11-12-13-16-22-19(21)17-14-15-18(20)23-17/h14-15H,2-13,16H2,1H3. The van der Waals surface area contributed by atoms with Crippen molar-refractivity contribution in [3.8, 4) is 0 Å². The van der Waals surface area contributed by atoms with Crippen molar-refractivity contribution in [2.45, 2.75) is 84.0 Å². The van der Waals surface area contributed by atoms with Crippen LogP contribution >= 0.6 is 15.9 Å². The number of furan rings is 1. The summed E-state index contributed by atoms with van der Waals surface area (Å²) in [4.78, 5) is 11.6. The predicted octanol–water partition coefficient (Wildman–Crippen LogP) is 6.90. The van der Waals surface area contributed by atoms with Gasteiger partial charge in [-0.15, -0.1) is 0 Å². The molecule has 0 atom stereocenters. The number of hydrogen-bond acceptors (Lipinski definition) is 3. The van der Waals surface area contributed by atoms with E-state index in [0.717, 1.165) is 12.8 Å². The third-order valence-corrected chi connectivity index (χ3v) is 4.43. The van der Waals surface area contributed by atoms with Crippen LogP contribution in [0.5, 0.6) is 0 Å². The fraction of sp³-hybridized carbons (Fsp3) is 0.737. The van der Waals surface area contributed by atoms with E-state index < -0.39 is 0 Å². The molecule has 0 saturated carbocycles. The highest BCUT2D eigenvalue weighted by Gasteiger charge is 2.11. The van der Waals surface area contributed by atoms with Crippen LogP contribution in [0.25, 0.3) is 0 Å². The fourth-order valence-corrected chi connectivity index (χ4v) is 2.91. The van der Waals surface area contributed by atoms with Crippen molar-refractivity contribution in [3.05, 3.63) is 22.6 Å². The second-order valence-corrected chi connectivity index (χ2v) is 6.91. The molecule has 0 radical (unpaired) electrons. The van der Waals surface area contributed by atoms with Crippen molar-refractivity contribution in [3.63, 3.8) is 0 Å². The van der Waals surface area contributed by atoms with Gasteiger partial charge in [-0.3, -0.25) is 0 Å². The van der Waals surface area contributed by atoms with Crippen molar-refractivity contribution in [2.75, 3.05) is 6.61 Å². The summed E-state index contributed by atoms with van der Waals surface area (Å²) in [5.74, 6) is -0.116. The summed E-state index contributed by atoms with van der Waals surface area (Å²) < 4.78 is 10.9. The van der Waals surface area contributed by atoms with Gasteiger partial charge in [0.1, 0.15) is 0 Å². The normalized spacial score (nSPS) is 10.9.